The summed E-state index contributed by atoms with van der Waals surface area (Å²) >= 11 is 0. The zero-order valence-electron chi connectivity index (χ0n) is 12.6. The fourth-order valence-electron chi connectivity index (χ4n) is 2.19. The van der Waals surface area contributed by atoms with Gasteiger partial charge in [-0.3, -0.25) is 9.78 Å². The number of pyridine rings is 1. The Labute approximate surface area is 129 Å². The van der Waals surface area contributed by atoms with Crippen LogP contribution in [0.1, 0.15) is 22.1 Å². The number of anilines is 1. The average molecular weight is 301 g/mol. The summed E-state index contributed by atoms with van der Waals surface area (Å²) in [6.07, 6.45) is 1.67. The maximum absolute atomic E-state index is 12.7. The molecular formula is C16H19N3O3. The predicted octanol–water partition coefficient (Wildman–Crippen LogP) is 1.83. The van der Waals surface area contributed by atoms with Crippen molar-refractivity contribution in [3.63, 3.8) is 0 Å². The maximum atomic E-state index is 12.7. The number of rotatable bonds is 5. The zero-order valence-corrected chi connectivity index (χ0v) is 12.6. The molecule has 1 atom stereocenters. The standard InChI is InChI=1S/C16H19N3O3/c1-19(15(10-22-2)14-5-3-4-8-18-14)16(21)12-9-11(20)6-7-13(12)17/h3-9,15,20H,10,17H2,1-2H3. The highest BCUT2D eigenvalue weighted by molar-refractivity contribution is 5.99. The minimum atomic E-state index is -0.347. The lowest BCUT2D eigenvalue weighted by atomic mass is 10.1. The summed E-state index contributed by atoms with van der Waals surface area (Å²) < 4.78 is 5.21. The number of methoxy groups -OCH3 is 1. The fraction of sp³-hybridized carbons (Fsp3) is 0.250. The van der Waals surface area contributed by atoms with Crippen LogP contribution in [0.4, 0.5) is 5.69 Å². The third kappa shape index (κ3) is 3.35. The molecule has 0 saturated heterocycles. The molecule has 0 aliphatic rings. The highest BCUT2D eigenvalue weighted by Crippen LogP contribution is 2.24. The van der Waals surface area contributed by atoms with Crippen molar-refractivity contribution in [1.82, 2.24) is 9.88 Å². The van der Waals surface area contributed by atoms with Gasteiger partial charge in [0.15, 0.2) is 0 Å². The summed E-state index contributed by atoms with van der Waals surface area (Å²) in [7, 11) is 3.22. The molecule has 1 aromatic heterocycles. The van der Waals surface area contributed by atoms with Crippen LogP contribution >= 0.6 is 0 Å². The second kappa shape index (κ2) is 6.91. The molecule has 6 heteroatoms. The lowest BCUT2D eigenvalue weighted by Gasteiger charge is -2.27. The fourth-order valence-corrected chi connectivity index (χ4v) is 2.19. The molecule has 2 rings (SSSR count). The van der Waals surface area contributed by atoms with Crippen LogP contribution in [0.5, 0.6) is 5.75 Å². The van der Waals surface area contributed by atoms with Crippen molar-refractivity contribution in [2.75, 3.05) is 26.5 Å². The van der Waals surface area contributed by atoms with Gasteiger partial charge in [-0.2, -0.15) is 0 Å². The van der Waals surface area contributed by atoms with Crippen molar-refractivity contribution in [2.45, 2.75) is 6.04 Å². The van der Waals surface area contributed by atoms with E-state index in [1.54, 1.807) is 20.4 Å². The van der Waals surface area contributed by atoms with Gasteiger partial charge in [0.1, 0.15) is 5.75 Å². The van der Waals surface area contributed by atoms with Crippen LogP contribution in [0.3, 0.4) is 0 Å². The Hall–Kier alpha value is -2.60. The van der Waals surface area contributed by atoms with Crippen molar-refractivity contribution in [2.24, 2.45) is 0 Å². The number of nitrogens with zero attached hydrogens (tertiary/aromatic N) is 2. The molecular weight excluding hydrogens is 282 g/mol. The van der Waals surface area contributed by atoms with Crippen molar-refractivity contribution < 1.29 is 14.6 Å². The van der Waals surface area contributed by atoms with Crippen molar-refractivity contribution in [3.8, 4) is 5.75 Å². The van der Waals surface area contributed by atoms with Crippen LogP contribution in [0.15, 0.2) is 42.6 Å². The van der Waals surface area contributed by atoms with Crippen LogP contribution in [0, 0.1) is 0 Å². The molecule has 1 unspecified atom stereocenters. The Bertz CT molecular complexity index is 646. The van der Waals surface area contributed by atoms with Crippen LogP contribution in [0.2, 0.25) is 0 Å². The third-order valence-electron chi connectivity index (χ3n) is 3.41. The molecule has 116 valence electrons. The second-order valence-corrected chi connectivity index (χ2v) is 4.91. The van der Waals surface area contributed by atoms with Crippen molar-refractivity contribution >= 4 is 11.6 Å². The Balaban J connectivity index is 2.32. The minimum Gasteiger partial charge on any atom is -0.508 e. The summed E-state index contributed by atoms with van der Waals surface area (Å²) in [5.41, 5.74) is 7.12. The summed E-state index contributed by atoms with van der Waals surface area (Å²) in [4.78, 5) is 18.4. The summed E-state index contributed by atoms with van der Waals surface area (Å²) in [5, 5.41) is 9.56. The largest absolute Gasteiger partial charge is 0.508 e. The van der Waals surface area contributed by atoms with Crippen molar-refractivity contribution in [1.29, 1.82) is 0 Å². The van der Waals surface area contributed by atoms with Crippen molar-refractivity contribution in [3.05, 3.63) is 53.9 Å². The summed E-state index contributed by atoms with van der Waals surface area (Å²) in [6, 6.07) is 9.45. The monoisotopic (exact) mass is 301 g/mol. The van der Waals surface area contributed by atoms with E-state index < -0.39 is 0 Å². The molecule has 0 aliphatic carbocycles. The van der Waals surface area contributed by atoms with Gasteiger partial charge >= 0.3 is 0 Å². The van der Waals surface area contributed by atoms with Gasteiger partial charge < -0.3 is 20.5 Å². The number of likely N-dealkylation sites (N-methyl/N-ethyl adjacent to an activating group) is 1. The van der Waals surface area contributed by atoms with E-state index in [1.807, 2.05) is 18.2 Å². The first-order valence-corrected chi connectivity index (χ1v) is 6.80. The number of aromatic hydroxyl groups is 1. The minimum absolute atomic E-state index is 0.00734. The number of hydrogen-bond donors (Lipinski definition) is 2. The first-order valence-electron chi connectivity index (χ1n) is 6.80. The normalized spacial score (nSPS) is 11.9. The van der Waals surface area contributed by atoms with Gasteiger partial charge in [-0.15, -0.1) is 0 Å². The van der Waals surface area contributed by atoms with Crippen LogP contribution < -0.4 is 5.73 Å². The number of phenolic OH excluding ortho intramolecular Hbond substituents is 1. The SMILES string of the molecule is COCC(c1ccccn1)N(C)C(=O)c1cc(O)ccc1N. The molecule has 0 fully saturated rings. The molecule has 0 spiro atoms. The Morgan fingerprint density at radius 1 is 1.41 bits per heavy atom. The molecule has 1 aromatic carbocycles. The Morgan fingerprint density at radius 3 is 2.82 bits per heavy atom. The number of nitrogen functional groups attached to an aromatic ring is 1. The van der Waals surface area contributed by atoms with E-state index in [0.29, 0.717) is 12.3 Å². The summed E-state index contributed by atoms with van der Waals surface area (Å²) in [6.45, 7) is 0.304. The molecule has 3 N–H and O–H groups in total. The summed E-state index contributed by atoms with van der Waals surface area (Å²) in [5.74, 6) is -0.312. The first kappa shape index (κ1) is 15.8. The van der Waals surface area contributed by atoms with E-state index in [1.165, 1.54) is 23.1 Å². The van der Waals surface area contributed by atoms with Gasteiger partial charge in [0, 0.05) is 26.0 Å². The Morgan fingerprint density at radius 2 is 2.18 bits per heavy atom. The topological polar surface area (TPSA) is 88.7 Å². The molecule has 2 aromatic rings. The number of benzene rings is 1. The van der Waals surface area contributed by atoms with E-state index in [4.69, 9.17) is 10.5 Å². The smallest absolute Gasteiger partial charge is 0.256 e. The zero-order chi connectivity index (χ0) is 16.1. The molecule has 6 nitrogen and oxygen atoms in total. The van der Waals surface area contributed by atoms with Gasteiger partial charge in [0.05, 0.1) is 23.9 Å². The van der Waals surface area contributed by atoms with Crippen LogP contribution in [-0.2, 0) is 4.74 Å². The number of phenols is 1. The van der Waals surface area contributed by atoms with E-state index >= 15 is 0 Å². The van der Waals surface area contributed by atoms with E-state index in [9.17, 15) is 9.90 Å². The second-order valence-electron chi connectivity index (χ2n) is 4.91. The number of hydrogen-bond acceptors (Lipinski definition) is 5. The number of ether oxygens (including phenoxy) is 1. The molecule has 0 radical (unpaired) electrons. The molecule has 1 heterocycles. The van der Waals surface area contributed by atoms with Gasteiger partial charge in [-0.25, -0.2) is 0 Å². The van der Waals surface area contributed by atoms with Crippen LogP contribution in [0.25, 0.3) is 0 Å². The van der Waals surface area contributed by atoms with Gasteiger partial charge in [0.2, 0.25) is 0 Å². The Kier molecular flexibility index (Phi) is 4.95. The molecule has 1 amide bonds. The molecule has 0 aliphatic heterocycles. The third-order valence-corrected chi connectivity index (χ3v) is 3.41. The number of carbonyl (C=O) groups is 1. The van der Waals surface area contributed by atoms with Gasteiger partial charge in [-0.1, -0.05) is 6.07 Å². The first-order chi connectivity index (χ1) is 10.5. The molecule has 0 bridgehead atoms. The van der Waals surface area contributed by atoms with Gasteiger partial charge in [-0.05, 0) is 30.3 Å². The number of nitrogens with two attached hydrogens (primary N) is 1. The lowest BCUT2D eigenvalue weighted by Crippen LogP contribution is -2.34. The van der Waals surface area contributed by atoms with E-state index in [2.05, 4.69) is 4.98 Å². The number of carbonyl (C=O) groups excluding carboxylic acids is 1. The number of amides is 1. The molecule has 0 saturated carbocycles. The van der Waals surface area contributed by atoms with E-state index in [-0.39, 0.29) is 23.3 Å². The molecule has 22 heavy (non-hydrogen) atoms. The van der Waals surface area contributed by atoms with Gasteiger partial charge in [0.25, 0.3) is 5.91 Å². The maximum Gasteiger partial charge on any atom is 0.256 e. The lowest BCUT2D eigenvalue weighted by molar-refractivity contribution is 0.0595. The highest BCUT2D eigenvalue weighted by atomic mass is 16.5. The average Bonchev–Trinajstić information content (AvgIpc) is 2.54. The number of aromatic nitrogens is 1. The predicted molar refractivity (Wildman–Crippen MR) is 83.5 cm³/mol. The van der Waals surface area contributed by atoms with Crippen LogP contribution in [-0.4, -0.2) is 41.7 Å². The quantitative estimate of drug-likeness (QED) is 0.649. The van der Waals surface area contributed by atoms with E-state index in [0.717, 1.165) is 5.69 Å². The highest BCUT2D eigenvalue weighted by Gasteiger charge is 2.25.